The van der Waals surface area contributed by atoms with Crippen molar-refractivity contribution in [3.8, 4) is 6.07 Å². The second-order valence-corrected chi connectivity index (χ2v) is 12.1. The summed E-state index contributed by atoms with van der Waals surface area (Å²) in [6.45, 7) is 6.95. The van der Waals surface area contributed by atoms with E-state index in [1.54, 1.807) is 23.0 Å². The lowest BCUT2D eigenvalue weighted by molar-refractivity contribution is 0.00911. The van der Waals surface area contributed by atoms with Crippen LogP contribution in [-0.4, -0.2) is 38.1 Å². The van der Waals surface area contributed by atoms with Crippen molar-refractivity contribution < 1.29 is 8.78 Å². The minimum absolute atomic E-state index is 0.0341. The van der Waals surface area contributed by atoms with E-state index in [-0.39, 0.29) is 5.41 Å². The zero-order chi connectivity index (χ0) is 28.9. The summed E-state index contributed by atoms with van der Waals surface area (Å²) in [4.78, 5) is 4.46. The van der Waals surface area contributed by atoms with Gasteiger partial charge in [0.05, 0.1) is 39.0 Å². The molecular formula is C29H30ClF2N9. The van der Waals surface area contributed by atoms with Crippen LogP contribution in [-0.2, 0) is 0 Å². The highest BCUT2D eigenvalue weighted by atomic mass is 35.5. The quantitative estimate of drug-likeness (QED) is 0.203. The molecule has 1 aromatic carbocycles. The van der Waals surface area contributed by atoms with Crippen LogP contribution in [0.15, 0.2) is 60.8 Å². The molecule has 0 bridgehead atoms. The van der Waals surface area contributed by atoms with Crippen LogP contribution in [0.25, 0.3) is 16.4 Å². The number of hydrogen-bond acceptors (Lipinski definition) is 8. The average Bonchev–Trinajstić information content (AvgIpc) is 3.35. The molecule has 0 unspecified atom stereocenters. The van der Waals surface area contributed by atoms with E-state index in [0.29, 0.717) is 57.9 Å². The van der Waals surface area contributed by atoms with Gasteiger partial charge in [0.1, 0.15) is 11.6 Å². The molecule has 0 spiro atoms. The van der Waals surface area contributed by atoms with Crippen LogP contribution < -0.4 is 21.6 Å². The lowest BCUT2D eigenvalue weighted by Crippen LogP contribution is -2.48. The molecule has 9 nitrogen and oxygen atoms in total. The van der Waals surface area contributed by atoms with E-state index in [4.69, 9.17) is 11.6 Å². The van der Waals surface area contributed by atoms with E-state index in [2.05, 4.69) is 58.5 Å². The molecule has 1 aliphatic heterocycles. The Labute approximate surface area is 241 Å². The maximum atomic E-state index is 13.9. The number of anilines is 2. The SMILES string of the molecule is CC(C)(C)CNc1c(C#N)cnc2c(Cl)cc(N[C@H](C3=CN(C4(C(F)F)CC4)NN3)c3cccn4nccc34)cc12. The fourth-order valence-electron chi connectivity index (χ4n) is 5.09. The molecule has 3 aromatic heterocycles. The topological polar surface area (TPSA) is 105 Å². The predicted octanol–water partition coefficient (Wildman–Crippen LogP) is 5.98. The van der Waals surface area contributed by atoms with E-state index in [1.165, 1.54) is 11.2 Å². The number of hydrogen-bond donors (Lipinski definition) is 4. The van der Waals surface area contributed by atoms with Gasteiger partial charge in [-0.1, -0.05) is 38.4 Å². The molecule has 0 amide bonds. The van der Waals surface area contributed by atoms with Crippen molar-refractivity contribution in [2.24, 2.45) is 5.41 Å². The summed E-state index contributed by atoms with van der Waals surface area (Å²) in [6.07, 6.45) is 5.10. The van der Waals surface area contributed by atoms with Crippen molar-refractivity contribution in [3.05, 3.63) is 77.0 Å². The standard InChI is InChI=1S/C29H30ClF2N9/c1-28(2,3)16-35-24-17(13-33)14-34-25-20(24)11-18(12-21(25)30)37-26(19-5-4-10-40-23(19)6-9-36-40)22-15-41(39-38-22)29(7-8-29)27(31)32/h4-6,9-12,14-15,26-27,37-39H,7-8,16H2,1-3H3,(H,34,35)/t26-/m0/s1. The van der Waals surface area contributed by atoms with E-state index in [0.717, 1.165) is 11.1 Å². The van der Waals surface area contributed by atoms with Gasteiger partial charge in [-0.25, -0.2) is 13.3 Å². The number of hydrazine groups is 2. The molecule has 212 valence electrons. The lowest BCUT2D eigenvalue weighted by Gasteiger charge is -2.25. The predicted molar refractivity (Wildman–Crippen MR) is 155 cm³/mol. The van der Waals surface area contributed by atoms with Gasteiger partial charge in [0.25, 0.3) is 6.43 Å². The van der Waals surface area contributed by atoms with Crippen molar-refractivity contribution in [3.63, 3.8) is 0 Å². The molecule has 1 saturated carbocycles. The molecule has 2 aliphatic rings. The van der Waals surface area contributed by atoms with Crippen LogP contribution in [0.4, 0.5) is 20.2 Å². The maximum Gasteiger partial charge on any atom is 0.262 e. The fraction of sp³-hybridized carbons (Fsp3) is 0.345. The molecular weight excluding hydrogens is 548 g/mol. The van der Waals surface area contributed by atoms with Gasteiger partial charge in [-0.05, 0) is 42.5 Å². The van der Waals surface area contributed by atoms with E-state index < -0.39 is 18.0 Å². The van der Waals surface area contributed by atoms with Gasteiger partial charge < -0.3 is 16.1 Å². The molecule has 4 heterocycles. The Morgan fingerprint density at radius 3 is 2.76 bits per heavy atom. The van der Waals surface area contributed by atoms with Gasteiger partial charge in [-0.2, -0.15) is 10.4 Å². The van der Waals surface area contributed by atoms with Crippen LogP contribution >= 0.6 is 11.6 Å². The lowest BCUT2D eigenvalue weighted by atomic mass is 9.96. The Kier molecular flexibility index (Phi) is 6.63. The minimum Gasteiger partial charge on any atom is -0.383 e. The number of aromatic nitrogens is 3. The molecule has 12 heteroatoms. The normalized spacial score (nSPS) is 16.9. The number of benzene rings is 1. The first-order chi connectivity index (χ1) is 19.6. The number of nitriles is 1. The number of nitrogens with one attached hydrogen (secondary N) is 4. The third-order valence-corrected chi connectivity index (χ3v) is 7.77. The summed E-state index contributed by atoms with van der Waals surface area (Å²) in [6, 6.07) is 11.2. The van der Waals surface area contributed by atoms with E-state index >= 15 is 0 Å². The van der Waals surface area contributed by atoms with Gasteiger partial charge in [0.2, 0.25) is 0 Å². The van der Waals surface area contributed by atoms with Gasteiger partial charge in [0.15, 0.2) is 0 Å². The van der Waals surface area contributed by atoms with Crippen LogP contribution in [0.3, 0.4) is 0 Å². The first kappa shape index (κ1) is 27.1. The summed E-state index contributed by atoms with van der Waals surface area (Å²) in [5.74, 6) is 0. The van der Waals surface area contributed by atoms with E-state index in [9.17, 15) is 14.0 Å². The third-order valence-electron chi connectivity index (χ3n) is 7.48. The number of nitrogens with zero attached hydrogens (tertiary/aromatic N) is 5. The largest absolute Gasteiger partial charge is 0.383 e. The summed E-state index contributed by atoms with van der Waals surface area (Å²) >= 11 is 6.75. The van der Waals surface area contributed by atoms with Crippen LogP contribution in [0, 0.1) is 16.7 Å². The highest BCUT2D eigenvalue weighted by Gasteiger charge is 2.56. The molecule has 1 atom stereocenters. The Morgan fingerprint density at radius 1 is 1.24 bits per heavy atom. The number of rotatable bonds is 8. The van der Waals surface area contributed by atoms with Crippen LogP contribution in [0.1, 0.15) is 50.8 Å². The van der Waals surface area contributed by atoms with Gasteiger partial charge >= 0.3 is 0 Å². The third kappa shape index (κ3) is 4.98. The summed E-state index contributed by atoms with van der Waals surface area (Å²) in [5, 5.41) is 23.8. The van der Waals surface area contributed by atoms with Gasteiger partial charge in [-0.3, -0.25) is 9.99 Å². The molecule has 6 rings (SSSR count). The summed E-state index contributed by atoms with van der Waals surface area (Å²) in [5.41, 5.74) is 9.48. The van der Waals surface area contributed by atoms with Crippen molar-refractivity contribution in [2.75, 3.05) is 17.2 Å². The Balaban J connectivity index is 1.44. The Morgan fingerprint density at radius 2 is 2.05 bits per heavy atom. The highest BCUT2D eigenvalue weighted by Crippen LogP contribution is 2.47. The van der Waals surface area contributed by atoms with Crippen molar-refractivity contribution >= 4 is 39.4 Å². The van der Waals surface area contributed by atoms with Gasteiger partial charge in [0, 0.05) is 48.0 Å². The molecule has 1 aliphatic carbocycles. The first-order valence-corrected chi connectivity index (χ1v) is 13.7. The molecule has 0 radical (unpaired) electrons. The molecule has 41 heavy (non-hydrogen) atoms. The van der Waals surface area contributed by atoms with E-state index in [1.807, 2.05) is 30.5 Å². The zero-order valence-corrected chi connectivity index (χ0v) is 23.6. The average molecular weight is 578 g/mol. The minimum atomic E-state index is -2.49. The Hall–Kier alpha value is -4.14. The highest BCUT2D eigenvalue weighted by molar-refractivity contribution is 6.35. The number of pyridine rings is 2. The number of fused-ring (bicyclic) bond motifs is 2. The summed E-state index contributed by atoms with van der Waals surface area (Å²) in [7, 11) is 0. The molecule has 0 saturated heterocycles. The maximum absolute atomic E-state index is 13.9. The van der Waals surface area contributed by atoms with Crippen molar-refractivity contribution in [1.29, 1.82) is 5.26 Å². The van der Waals surface area contributed by atoms with Crippen LogP contribution in [0.2, 0.25) is 5.02 Å². The summed E-state index contributed by atoms with van der Waals surface area (Å²) < 4.78 is 29.6. The van der Waals surface area contributed by atoms with Crippen molar-refractivity contribution in [1.82, 2.24) is 30.6 Å². The second kappa shape index (κ2) is 10.0. The number of halogens is 3. The van der Waals surface area contributed by atoms with Crippen molar-refractivity contribution in [2.45, 2.75) is 51.6 Å². The zero-order valence-electron chi connectivity index (χ0n) is 22.8. The monoisotopic (exact) mass is 577 g/mol. The Bertz CT molecular complexity index is 1700. The molecule has 1 fully saturated rings. The number of alkyl halides is 2. The molecule has 4 aromatic rings. The second-order valence-electron chi connectivity index (χ2n) is 11.7. The fourth-order valence-corrected chi connectivity index (χ4v) is 5.36. The molecule has 4 N–H and O–H groups in total. The van der Waals surface area contributed by atoms with Gasteiger partial charge in [-0.15, -0.1) is 5.53 Å². The van der Waals surface area contributed by atoms with Crippen LogP contribution in [0.5, 0.6) is 0 Å². The smallest absolute Gasteiger partial charge is 0.262 e. The first-order valence-electron chi connectivity index (χ1n) is 13.4.